The minimum absolute atomic E-state index is 0.207. The van der Waals surface area contributed by atoms with Gasteiger partial charge in [-0.05, 0) is 45.7 Å². The topological polar surface area (TPSA) is 85.6 Å². The van der Waals surface area contributed by atoms with Crippen LogP contribution in [0.3, 0.4) is 0 Å². The fourth-order valence-electron chi connectivity index (χ4n) is 4.42. The summed E-state index contributed by atoms with van der Waals surface area (Å²) in [5.41, 5.74) is 2.25. The lowest BCUT2D eigenvalue weighted by Crippen LogP contribution is -2.44. The van der Waals surface area contributed by atoms with Crippen molar-refractivity contribution in [1.82, 2.24) is 25.4 Å². The van der Waals surface area contributed by atoms with E-state index in [1.54, 1.807) is 0 Å². The molecule has 1 atom stereocenters. The summed E-state index contributed by atoms with van der Waals surface area (Å²) in [6.45, 7) is 7.78. The summed E-state index contributed by atoms with van der Waals surface area (Å²) in [4.78, 5) is 4.93. The van der Waals surface area contributed by atoms with Gasteiger partial charge < -0.3 is 24.7 Å². The van der Waals surface area contributed by atoms with Gasteiger partial charge in [0.2, 0.25) is 0 Å². The van der Waals surface area contributed by atoms with Gasteiger partial charge in [-0.1, -0.05) is 19.3 Å². The maximum atomic E-state index is 5.98. The number of aromatic nitrogens is 3. The number of hydrogen-bond acceptors (Lipinski definition) is 5. The Kier molecular flexibility index (Phi) is 7.17. The number of rotatable bonds is 7. The number of guanidine groups is 1. The molecular formula is C24H36N6O2. The van der Waals surface area contributed by atoms with E-state index in [0.717, 1.165) is 41.1 Å². The van der Waals surface area contributed by atoms with Crippen molar-refractivity contribution in [2.75, 3.05) is 6.61 Å². The fourth-order valence-corrected chi connectivity index (χ4v) is 4.42. The Hall–Kier alpha value is -2.77. The van der Waals surface area contributed by atoms with E-state index in [1.165, 1.54) is 37.7 Å². The van der Waals surface area contributed by atoms with Crippen LogP contribution in [0.5, 0.6) is 11.5 Å². The molecule has 1 unspecified atom stereocenters. The van der Waals surface area contributed by atoms with Crippen LogP contribution >= 0.6 is 0 Å². The Bertz CT molecular complexity index is 948. The van der Waals surface area contributed by atoms with Gasteiger partial charge >= 0.3 is 0 Å². The van der Waals surface area contributed by atoms with E-state index in [9.17, 15) is 0 Å². The Morgan fingerprint density at radius 1 is 1.25 bits per heavy atom. The zero-order chi connectivity index (χ0) is 22.5. The predicted octanol–water partition coefficient (Wildman–Crippen LogP) is 3.41. The van der Waals surface area contributed by atoms with Crippen LogP contribution < -0.4 is 20.1 Å². The highest BCUT2D eigenvalue weighted by molar-refractivity contribution is 5.80. The molecule has 2 heterocycles. The van der Waals surface area contributed by atoms with Crippen LogP contribution in [-0.4, -0.2) is 39.5 Å². The zero-order valence-electron chi connectivity index (χ0n) is 19.8. The molecule has 0 radical (unpaired) electrons. The molecule has 2 N–H and O–H groups in total. The Morgan fingerprint density at radius 3 is 2.78 bits per heavy atom. The van der Waals surface area contributed by atoms with E-state index in [1.807, 2.05) is 25.5 Å². The van der Waals surface area contributed by atoms with Gasteiger partial charge in [-0.15, -0.1) is 10.2 Å². The molecule has 4 rings (SSSR count). The summed E-state index contributed by atoms with van der Waals surface area (Å²) in [5, 5.41) is 15.5. The first-order valence-electron chi connectivity index (χ1n) is 11.9. The maximum absolute atomic E-state index is 5.98. The van der Waals surface area contributed by atoms with Crippen molar-refractivity contribution >= 4 is 5.96 Å². The van der Waals surface area contributed by atoms with Gasteiger partial charge in [-0.2, -0.15) is 0 Å². The van der Waals surface area contributed by atoms with Gasteiger partial charge in [0.05, 0.1) is 19.7 Å². The number of nitrogens with zero attached hydrogens (tertiary/aromatic N) is 4. The molecule has 0 saturated heterocycles. The molecule has 1 aliphatic carbocycles. The molecule has 1 aromatic heterocycles. The van der Waals surface area contributed by atoms with Crippen LogP contribution in [0.15, 0.2) is 17.1 Å². The second-order valence-electron chi connectivity index (χ2n) is 8.85. The van der Waals surface area contributed by atoms with E-state index in [-0.39, 0.29) is 6.10 Å². The number of nitrogens with one attached hydrogen (secondary N) is 2. The van der Waals surface area contributed by atoms with Crippen molar-refractivity contribution < 1.29 is 9.47 Å². The van der Waals surface area contributed by atoms with Crippen molar-refractivity contribution in [1.29, 1.82) is 0 Å². The molecule has 1 aliphatic heterocycles. The predicted molar refractivity (Wildman–Crippen MR) is 125 cm³/mol. The molecule has 1 aromatic carbocycles. The molecule has 0 spiro atoms. The summed E-state index contributed by atoms with van der Waals surface area (Å²) in [7, 11) is 1.98. The summed E-state index contributed by atoms with van der Waals surface area (Å²) < 4.78 is 13.9. The van der Waals surface area contributed by atoms with E-state index in [4.69, 9.17) is 14.5 Å². The van der Waals surface area contributed by atoms with E-state index in [0.29, 0.717) is 25.7 Å². The standard InChI is InChI=1S/C24H36N6O2/c1-5-31-21-12-18-11-16(2)32-22(18)13-19(21)14-25-24(27-20-9-7-6-8-10-20)26-15-23-29-28-17(3)30(23)4/h12-13,16,20H,5-11,14-15H2,1-4H3,(H2,25,26,27). The molecule has 1 fully saturated rings. The Balaban J connectivity index is 1.52. The average Bonchev–Trinajstić information content (AvgIpc) is 3.31. The highest BCUT2D eigenvalue weighted by Crippen LogP contribution is 2.35. The summed E-state index contributed by atoms with van der Waals surface area (Å²) in [6, 6.07) is 4.67. The van der Waals surface area contributed by atoms with Crippen LogP contribution in [0.1, 0.15) is 68.7 Å². The summed E-state index contributed by atoms with van der Waals surface area (Å²) in [6.07, 6.45) is 7.34. The second kappa shape index (κ2) is 10.2. The van der Waals surface area contributed by atoms with E-state index < -0.39 is 0 Å². The van der Waals surface area contributed by atoms with E-state index >= 15 is 0 Å². The van der Waals surface area contributed by atoms with Crippen LogP contribution in [0.25, 0.3) is 0 Å². The molecule has 1 saturated carbocycles. The number of aryl methyl sites for hydroxylation is 1. The SMILES string of the molecule is CCOc1cc2c(cc1CN=C(NCc1nnc(C)n1C)NC1CCCCC1)OC(C)C2. The zero-order valence-corrected chi connectivity index (χ0v) is 19.8. The lowest BCUT2D eigenvalue weighted by molar-refractivity contribution is 0.254. The van der Waals surface area contributed by atoms with Gasteiger partial charge in [0.15, 0.2) is 11.8 Å². The van der Waals surface area contributed by atoms with Gasteiger partial charge in [-0.3, -0.25) is 0 Å². The van der Waals surface area contributed by atoms with Gasteiger partial charge in [0, 0.05) is 30.6 Å². The largest absolute Gasteiger partial charge is 0.494 e. The number of ether oxygens (including phenoxy) is 2. The lowest BCUT2D eigenvalue weighted by Gasteiger charge is -2.25. The van der Waals surface area contributed by atoms with Crippen LogP contribution in [0, 0.1) is 6.92 Å². The van der Waals surface area contributed by atoms with Crippen molar-refractivity contribution in [3.05, 3.63) is 34.9 Å². The van der Waals surface area contributed by atoms with Crippen molar-refractivity contribution in [3.8, 4) is 11.5 Å². The highest BCUT2D eigenvalue weighted by Gasteiger charge is 2.22. The van der Waals surface area contributed by atoms with Crippen molar-refractivity contribution in [2.24, 2.45) is 12.0 Å². The number of fused-ring (bicyclic) bond motifs is 1. The number of benzene rings is 1. The highest BCUT2D eigenvalue weighted by atomic mass is 16.5. The third-order valence-corrected chi connectivity index (χ3v) is 6.33. The molecule has 8 heteroatoms. The first-order valence-corrected chi connectivity index (χ1v) is 11.9. The third kappa shape index (κ3) is 5.34. The normalized spacial score (nSPS) is 18.9. The summed E-state index contributed by atoms with van der Waals surface area (Å²) in [5.74, 6) is 4.43. The molecule has 0 amide bonds. The molecule has 2 aromatic rings. The van der Waals surface area contributed by atoms with Crippen molar-refractivity contribution in [3.63, 3.8) is 0 Å². The lowest BCUT2D eigenvalue weighted by atomic mass is 9.96. The Morgan fingerprint density at radius 2 is 2.06 bits per heavy atom. The molecule has 8 nitrogen and oxygen atoms in total. The van der Waals surface area contributed by atoms with Gasteiger partial charge in [0.25, 0.3) is 0 Å². The third-order valence-electron chi connectivity index (χ3n) is 6.33. The molecular weight excluding hydrogens is 404 g/mol. The van der Waals surface area contributed by atoms with Gasteiger partial charge in [-0.25, -0.2) is 4.99 Å². The van der Waals surface area contributed by atoms with Crippen LogP contribution in [0.4, 0.5) is 0 Å². The minimum Gasteiger partial charge on any atom is -0.494 e. The van der Waals surface area contributed by atoms with E-state index in [2.05, 4.69) is 39.9 Å². The number of hydrogen-bond donors (Lipinski definition) is 2. The number of aliphatic imine (C=N–C) groups is 1. The van der Waals surface area contributed by atoms with Gasteiger partial charge in [0.1, 0.15) is 23.4 Å². The monoisotopic (exact) mass is 440 g/mol. The van der Waals surface area contributed by atoms with Crippen molar-refractivity contribution in [2.45, 2.75) is 84.5 Å². The molecule has 174 valence electrons. The first kappa shape index (κ1) is 22.4. The molecule has 0 bridgehead atoms. The molecule has 2 aliphatic rings. The second-order valence-corrected chi connectivity index (χ2v) is 8.85. The molecule has 32 heavy (non-hydrogen) atoms. The average molecular weight is 441 g/mol. The smallest absolute Gasteiger partial charge is 0.192 e. The summed E-state index contributed by atoms with van der Waals surface area (Å²) >= 11 is 0. The van der Waals surface area contributed by atoms with Crippen LogP contribution in [-0.2, 0) is 26.6 Å². The quantitative estimate of drug-likeness (QED) is 0.507. The fraction of sp³-hybridized carbons (Fsp3) is 0.625. The minimum atomic E-state index is 0.207. The first-order chi connectivity index (χ1) is 15.5. The van der Waals surface area contributed by atoms with Crippen LogP contribution in [0.2, 0.25) is 0 Å². The Labute approximate surface area is 190 Å². The maximum Gasteiger partial charge on any atom is 0.192 e.